The van der Waals surface area contributed by atoms with Gasteiger partial charge in [0, 0.05) is 38.2 Å². The van der Waals surface area contributed by atoms with Crippen molar-refractivity contribution in [3.8, 4) is 10.7 Å². The zero-order chi connectivity index (χ0) is 23.6. The van der Waals surface area contributed by atoms with Crippen molar-refractivity contribution < 1.29 is 4.74 Å². The van der Waals surface area contributed by atoms with E-state index in [9.17, 15) is 0 Å². The smallest absolute Gasteiger partial charge is 0.143 e. The molecule has 0 bridgehead atoms. The number of fused-ring (bicyclic) bond motifs is 1. The predicted octanol–water partition coefficient (Wildman–Crippen LogP) is 5.69. The third-order valence-corrected chi connectivity index (χ3v) is 8.00. The number of hydrogen-bond donors (Lipinski definition) is 1. The molecule has 0 atom stereocenters. The average molecular weight is 487 g/mol. The fourth-order valence-corrected chi connectivity index (χ4v) is 6.06. The first-order valence-corrected chi connectivity index (χ1v) is 13.3. The van der Waals surface area contributed by atoms with E-state index in [1.165, 1.54) is 24.1 Å². The third kappa shape index (κ3) is 4.91. The first-order chi connectivity index (χ1) is 17.2. The number of ether oxygens (including phenoxy) is 1. The summed E-state index contributed by atoms with van der Waals surface area (Å²) in [6.45, 7) is 6.97. The highest BCUT2D eigenvalue weighted by Crippen LogP contribution is 2.33. The average Bonchev–Trinajstić information content (AvgIpc) is 3.55. The molecule has 2 saturated heterocycles. The SMILES string of the molecule is Cc1cccnc1-c1nc2cc(Nc3ccc(C4CCOCC4)c(CN4CCCC4)n3)ncc2s1. The van der Waals surface area contributed by atoms with Crippen LogP contribution in [0.4, 0.5) is 11.6 Å². The molecular weight excluding hydrogens is 456 g/mol. The predicted molar refractivity (Wildman–Crippen MR) is 140 cm³/mol. The van der Waals surface area contributed by atoms with Gasteiger partial charge < -0.3 is 10.1 Å². The fraction of sp³-hybridized carbons (Fsp3) is 0.407. The van der Waals surface area contributed by atoms with Gasteiger partial charge in [-0.2, -0.15) is 0 Å². The molecule has 2 aliphatic rings. The van der Waals surface area contributed by atoms with Crippen LogP contribution in [0.15, 0.2) is 42.7 Å². The summed E-state index contributed by atoms with van der Waals surface area (Å²) in [6, 6.07) is 10.4. The van der Waals surface area contributed by atoms with Gasteiger partial charge in [0.2, 0.25) is 0 Å². The van der Waals surface area contributed by atoms with Crippen molar-refractivity contribution in [1.82, 2.24) is 24.8 Å². The monoisotopic (exact) mass is 486 g/mol. The van der Waals surface area contributed by atoms with Crippen LogP contribution >= 0.6 is 11.3 Å². The maximum absolute atomic E-state index is 5.61. The van der Waals surface area contributed by atoms with Gasteiger partial charge in [0.1, 0.15) is 22.3 Å². The summed E-state index contributed by atoms with van der Waals surface area (Å²) in [6.07, 6.45) is 8.40. The van der Waals surface area contributed by atoms with Crippen LogP contribution in [0.2, 0.25) is 0 Å². The Morgan fingerprint density at radius 1 is 1.06 bits per heavy atom. The second kappa shape index (κ2) is 9.97. The summed E-state index contributed by atoms with van der Waals surface area (Å²) in [7, 11) is 0. The number of pyridine rings is 3. The summed E-state index contributed by atoms with van der Waals surface area (Å²) in [5.74, 6) is 2.12. The minimum Gasteiger partial charge on any atom is -0.381 e. The van der Waals surface area contributed by atoms with Gasteiger partial charge in [-0.1, -0.05) is 12.1 Å². The van der Waals surface area contributed by atoms with E-state index in [1.807, 2.05) is 24.5 Å². The Morgan fingerprint density at radius 2 is 1.91 bits per heavy atom. The molecule has 0 aliphatic carbocycles. The van der Waals surface area contributed by atoms with Crippen LogP contribution in [0.25, 0.3) is 20.9 Å². The van der Waals surface area contributed by atoms with Crippen molar-refractivity contribution in [3.05, 3.63) is 59.5 Å². The summed E-state index contributed by atoms with van der Waals surface area (Å²) in [4.78, 5) is 21.6. The topological polar surface area (TPSA) is 76.1 Å². The van der Waals surface area contributed by atoms with Crippen LogP contribution in [0.5, 0.6) is 0 Å². The third-order valence-electron chi connectivity index (χ3n) is 6.99. The first kappa shape index (κ1) is 22.5. The Bertz CT molecular complexity index is 1330. The van der Waals surface area contributed by atoms with E-state index >= 15 is 0 Å². The Balaban J connectivity index is 1.27. The minimum absolute atomic E-state index is 0.529. The zero-order valence-electron chi connectivity index (χ0n) is 20.0. The lowest BCUT2D eigenvalue weighted by Gasteiger charge is -2.26. The van der Waals surface area contributed by atoms with Gasteiger partial charge in [-0.3, -0.25) is 9.88 Å². The number of nitrogens with one attached hydrogen (secondary N) is 1. The van der Waals surface area contributed by atoms with E-state index in [0.717, 1.165) is 83.8 Å². The zero-order valence-corrected chi connectivity index (χ0v) is 20.9. The van der Waals surface area contributed by atoms with Crippen LogP contribution in [-0.2, 0) is 11.3 Å². The molecule has 0 saturated carbocycles. The quantitative estimate of drug-likeness (QED) is 0.375. The number of rotatable bonds is 6. The number of hydrogen-bond acceptors (Lipinski definition) is 8. The van der Waals surface area contributed by atoms with Crippen LogP contribution < -0.4 is 5.32 Å². The van der Waals surface area contributed by atoms with Gasteiger partial charge in [-0.15, -0.1) is 11.3 Å². The van der Waals surface area contributed by atoms with Crippen molar-refractivity contribution in [1.29, 1.82) is 0 Å². The maximum Gasteiger partial charge on any atom is 0.143 e. The number of aryl methyl sites for hydroxylation is 1. The van der Waals surface area contributed by atoms with Crippen molar-refractivity contribution in [2.75, 3.05) is 31.6 Å². The molecule has 7 nitrogen and oxygen atoms in total. The summed E-state index contributed by atoms with van der Waals surface area (Å²) in [5.41, 5.74) is 5.54. The number of thiazole rings is 1. The number of anilines is 2. The summed E-state index contributed by atoms with van der Waals surface area (Å²) >= 11 is 1.62. The van der Waals surface area contributed by atoms with Gasteiger partial charge >= 0.3 is 0 Å². The molecule has 0 radical (unpaired) electrons. The second-order valence-corrected chi connectivity index (χ2v) is 10.5. The molecule has 35 heavy (non-hydrogen) atoms. The van der Waals surface area contributed by atoms with Gasteiger partial charge in [-0.05, 0) is 74.9 Å². The first-order valence-electron chi connectivity index (χ1n) is 12.5. The van der Waals surface area contributed by atoms with E-state index in [2.05, 4.69) is 45.3 Å². The second-order valence-electron chi connectivity index (χ2n) is 9.45. The lowest BCUT2D eigenvalue weighted by molar-refractivity contribution is 0.0849. The molecule has 0 aromatic carbocycles. The van der Waals surface area contributed by atoms with Crippen LogP contribution in [0.3, 0.4) is 0 Å². The number of likely N-dealkylation sites (tertiary alicyclic amines) is 1. The molecule has 4 aromatic heterocycles. The van der Waals surface area contributed by atoms with Crippen LogP contribution in [0.1, 0.15) is 48.4 Å². The molecule has 180 valence electrons. The number of nitrogens with zero attached hydrogens (tertiary/aromatic N) is 5. The molecule has 1 N–H and O–H groups in total. The van der Waals surface area contributed by atoms with E-state index in [1.54, 1.807) is 11.3 Å². The molecule has 8 heteroatoms. The Labute approximate surface area is 209 Å². The maximum atomic E-state index is 5.61. The largest absolute Gasteiger partial charge is 0.381 e. The molecule has 2 fully saturated rings. The molecular formula is C27H30N6OS. The van der Waals surface area contributed by atoms with Crippen molar-refractivity contribution in [2.45, 2.75) is 45.1 Å². The van der Waals surface area contributed by atoms with Crippen LogP contribution in [-0.4, -0.2) is 51.1 Å². The minimum atomic E-state index is 0.529. The van der Waals surface area contributed by atoms with Gasteiger partial charge in [0.25, 0.3) is 0 Å². The highest BCUT2D eigenvalue weighted by Gasteiger charge is 2.22. The van der Waals surface area contributed by atoms with Gasteiger partial charge in [0.05, 0.1) is 15.9 Å². The molecule has 0 spiro atoms. The van der Waals surface area contributed by atoms with Crippen molar-refractivity contribution in [3.63, 3.8) is 0 Å². The fourth-order valence-electron chi connectivity index (χ4n) is 5.09. The van der Waals surface area contributed by atoms with E-state index in [-0.39, 0.29) is 0 Å². The Kier molecular flexibility index (Phi) is 6.41. The van der Waals surface area contributed by atoms with Crippen molar-refractivity contribution in [2.24, 2.45) is 0 Å². The van der Waals surface area contributed by atoms with Gasteiger partial charge in [0.15, 0.2) is 0 Å². The molecule has 0 unspecified atom stereocenters. The van der Waals surface area contributed by atoms with Gasteiger partial charge in [-0.25, -0.2) is 15.0 Å². The number of aromatic nitrogens is 4. The van der Waals surface area contributed by atoms with E-state index in [4.69, 9.17) is 14.7 Å². The summed E-state index contributed by atoms with van der Waals surface area (Å²) in [5, 5.41) is 4.36. The summed E-state index contributed by atoms with van der Waals surface area (Å²) < 4.78 is 6.66. The van der Waals surface area contributed by atoms with E-state index in [0.29, 0.717) is 5.92 Å². The molecule has 4 aromatic rings. The standard InChI is InChI=1S/C27H30N6OS/c1-18-5-4-10-28-26(18)27-31-21-15-25(29-16-23(21)35-27)32-24-7-6-20(19-8-13-34-14-9-19)22(30-24)17-33-11-2-3-12-33/h4-7,10,15-16,19H,2-3,8-9,11-14,17H2,1H3,(H,29,30,32). The van der Waals surface area contributed by atoms with Crippen LogP contribution in [0, 0.1) is 6.92 Å². The molecule has 0 amide bonds. The molecule has 2 aliphatic heterocycles. The Morgan fingerprint density at radius 3 is 2.74 bits per heavy atom. The van der Waals surface area contributed by atoms with E-state index < -0.39 is 0 Å². The highest BCUT2D eigenvalue weighted by atomic mass is 32.1. The molecule has 6 heterocycles. The lowest BCUT2D eigenvalue weighted by Crippen LogP contribution is -2.22. The molecule has 6 rings (SSSR count). The normalized spacial score (nSPS) is 17.3. The Hall–Kier alpha value is -2.94. The lowest BCUT2D eigenvalue weighted by atomic mass is 9.90. The highest BCUT2D eigenvalue weighted by molar-refractivity contribution is 7.21. The van der Waals surface area contributed by atoms with Crippen molar-refractivity contribution >= 4 is 33.2 Å².